The SMILES string of the molecule is CC(C)CC(=O)N[C@@H](C(=O)N1CCC[C@H]1C(=O)Nc1ccc2[nH]c(-c3ccc(NC(=O)[C@@H]4CCCN4C(=O)[C@@H](c4ccccc4)N(C)C)cc3)cc2c1)c1ccccc1. The lowest BCUT2D eigenvalue weighted by Gasteiger charge is -2.31. The normalized spacial score (nSPS) is 17.6. The largest absolute Gasteiger partial charge is 0.355 e. The highest BCUT2D eigenvalue weighted by Gasteiger charge is 2.40. The Balaban J connectivity index is 0.990. The fourth-order valence-electron chi connectivity index (χ4n) is 8.30. The molecule has 1 aromatic heterocycles. The fourth-order valence-corrected chi connectivity index (χ4v) is 8.30. The molecule has 0 aliphatic carbocycles. The van der Waals surface area contributed by atoms with Gasteiger partial charge >= 0.3 is 0 Å². The van der Waals surface area contributed by atoms with Gasteiger partial charge in [-0.3, -0.25) is 28.9 Å². The van der Waals surface area contributed by atoms with Crippen molar-refractivity contribution in [3.05, 3.63) is 120 Å². The molecule has 3 heterocycles. The van der Waals surface area contributed by atoms with Gasteiger partial charge in [0.05, 0.1) is 0 Å². The minimum Gasteiger partial charge on any atom is -0.355 e. The molecule has 12 nitrogen and oxygen atoms in total. The third-order valence-electron chi connectivity index (χ3n) is 11.2. The van der Waals surface area contributed by atoms with Crippen LogP contribution in [0, 0.1) is 5.92 Å². The van der Waals surface area contributed by atoms with Crippen molar-refractivity contribution < 1.29 is 24.0 Å². The van der Waals surface area contributed by atoms with Crippen molar-refractivity contribution in [3.8, 4) is 11.3 Å². The molecule has 0 saturated carbocycles. The molecule has 2 saturated heterocycles. The lowest BCUT2D eigenvalue weighted by Crippen LogP contribution is -2.48. The average molecular weight is 796 g/mol. The molecule has 0 radical (unpaired) electrons. The van der Waals surface area contributed by atoms with E-state index in [-0.39, 0.29) is 35.5 Å². The standard InChI is InChI=1S/C47H53N7O5/c1-30(2)27-41(55)51-42(32-13-7-5-8-14-32)46(58)53-25-11-17-39(53)45(57)49-36-23-24-37-34(28-36)29-38(50-37)31-19-21-35(22-20-31)48-44(56)40-18-12-26-54(40)47(59)43(52(3)4)33-15-9-6-10-16-33/h5-10,13-16,19-24,28-30,39-40,42-43,50H,11-12,17-18,25-27H2,1-4H3,(H,48,56)(H,49,57)(H,51,55)/t39-,40-,42+,43+/m0/s1. The molecule has 2 aliphatic heterocycles. The third-order valence-corrected chi connectivity index (χ3v) is 11.2. The summed E-state index contributed by atoms with van der Waals surface area (Å²) < 4.78 is 0. The number of likely N-dealkylation sites (N-methyl/N-ethyl adjacent to an activating group) is 1. The smallest absolute Gasteiger partial charge is 0.250 e. The van der Waals surface area contributed by atoms with E-state index in [0.29, 0.717) is 55.7 Å². The van der Waals surface area contributed by atoms with Gasteiger partial charge in [0.15, 0.2) is 0 Å². The number of anilines is 2. The van der Waals surface area contributed by atoms with Gasteiger partial charge in [-0.2, -0.15) is 0 Å². The van der Waals surface area contributed by atoms with E-state index in [1.165, 1.54) is 0 Å². The Bertz CT molecular complexity index is 2290. The number of hydrogen-bond donors (Lipinski definition) is 4. The number of hydrogen-bond acceptors (Lipinski definition) is 6. The van der Waals surface area contributed by atoms with Gasteiger partial charge in [-0.25, -0.2) is 0 Å². The maximum atomic E-state index is 14.0. The van der Waals surface area contributed by atoms with Gasteiger partial charge < -0.3 is 30.7 Å². The Morgan fingerprint density at radius 3 is 1.85 bits per heavy atom. The highest BCUT2D eigenvalue weighted by atomic mass is 16.2. The zero-order chi connectivity index (χ0) is 41.6. The number of H-pyrrole nitrogens is 1. The molecule has 59 heavy (non-hydrogen) atoms. The second-order valence-electron chi connectivity index (χ2n) is 16.2. The second-order valence-corrected chi connectivity index (χ2v) is 16.2. The highest BCUT2D eigenvalue weighted by Crippen LogP contribution is 2.31. The zero-order valence-corrected chi connectivity index (χ0v) is 34.1. The summed E-state index contributed by atoms with van der Waals surface area (Å²) in [6.07, 6.45) is 2.86. The summed E-state index contributed by atoms with van der Waals surface area (Å²) in [5, 5.41) is 9.88. The predicted molar refractivity (Wildman–Crippen MR) is 230 cm³/mol. The first-order chi connectivity index (χ1) is 28.5. The number of likely N-dealkylation sites (tertiary alicyclic amines) is 2. The molecule has 12 heteroatoms. The van der Waals surface area contributed by atoms with Gasteiger partial charge in [-0.15, -0.1) is 0 Å². The van der Waals surface area contributed by atoms with Gasteiger partial charge in [0, 0.05) is 47.5 Å². The lowest BCUT2D eigenvalue weighted by atomic mass is 10.0. The summed E-state index contributed by atoms with van der Waals surface area (Å²) in [5.74, 6) is -0.928. The minimum absolute atomic E-state index is 0.0810. The van der Waals surface area contributed by atoms with Crippen molar-refractivity contribution >= 4 is 51.8 Å². The number of carbonyl (C=O) groups excluding carboxylic acids is 5. The molecule has 7 rings (SSSR count). The van der Waals surface area contributed by atoms with Crippen LogP contribution >= 0.6 is 0 Å². The van der Waals surface area contributed by atoms with Crippen molar-refractivity contribution in [2.45, 2.75) is 70.1 Å². The zero-order valence-electron chi connectivity index (χ0n) is 34.1. The summed E-state index contributed by atoms with van der Waals surface area (Å²) in [7, 11) is 3.76. The van der Waals surface area contributed by atoms with Crippen LogP contribution in [0.1, 0.15) is 69.2 Å². The monoisotopic (exact) mass is 795 g/mol. The Morgan fingerprint density at radius 1 is 0.695 bits per heavy atom. The van der Waals surface area contributed by atoms with Gasteiger partial charge in [0.1, 0.15) is 24.2 Å². The summed E-state index contributed by atoms with van der Waals surface area (Å²) >= 11 is 0. The minimum atomic E-state index is -0.884. The Hall–Kier alpha value is -6.27. The Labute approximate surface area is 345 Å². The van der Waals surface area contributed by atoms with Crippen LogP contribution in [0.3, 0.4) is 0 Å². The van der Waals surface area contributed by atoms with Crippen molar-refractivity contribution in [3.63, 3.8) is 0 Å². The van der Waals surface area contributed by atoms with Gasteiger partial charge in [0.2, 0.25) is 29.5 Å². The van der Waals surface area contributed by atoms with Crippen LogP contribution < -0.4 is 16.0 Å². The van der Waals surface area contributed by atoms with E-state index in [0.717, 1.165) is 34.1 Å². The topological polar surface area (TPSA) is 147 Å². The number of carbonyl (C=O) groups is 5. The molecule has 0 unspecified atom stereocenters. The molecule has 0 spiro atoms. The van der Waals surface area contributed by atoms with E-state index in [9.17, 15) is 24.0 Å². The van der Waals surface area contributed by atoms with E-state index in [1.807, 2.05) is 142 Å². The van der Waals surface area contributed by atoms with E-state index >= 15 is 0 Å². The molecular weight excluding hydrogens is 743 g/mol. The molecule has 4 aromatic carbocycles. The number of nitrogens with zero attached hydrogens (tertiary/aromatic N) is 3. The van der Waals surface area contributed by atoms with E-state index in [4.69, 9.17) is 0 Å². The van der Waals surface area contributed by atoms with Crippen LogP contribution in [-0.4, -0.2) is 88.5 Å². The second kappa shape index (κ2) is 18.1. The summed E-state index contributed by atoms with van der Waals surface area (Å²) in [6, 6.07) is 31.4. The molecule has 306 valence electrons. The lowest BCUT2D eigenvalue weighted by molar-refractivity contribution is -0.140. The first-order valence-corrected chi connectivity index (χ1v) is 20.5. The van der Waals surface area contributed by atoms with Crippen molar-refractivity contribution in [1.82, 2.24) is 25.0 Å². The number of aromatic nitrogens is 1. The number of fused-ring (bicyclic) bond motifs is 1. The van der Waals surface area contributed by atoms with Crippen LogP contribution in [0.4, 0.5) is 11.4 Å². The quantitative estimate of drug-likeness (QED) is 0.102. The number of nitrogens with one attached hydrogen (secondary N) is 4. The molecule has 4 atom stereocenters. The van der Waals surface area contributed by atoms with Crippen LogP contribution in [0.2, 0.25) is 0 Å². The summed E-state index contributed by atoms with van der Waals surface area (Å²) in [4.78, 5) is 76.5. The number of aromatic amines is 1. The van der Waals surface area contributed by atoms with Crippen LogP contribution in [0.5, 0.6) is 0 Å². The van der Waals surface area contributed by atoms with Gasteiger partial charge in [-0.1, -0.05) is 86.6 Å². The highest BCUT2D eigenvalue weighted by molar-refractivity contribution is 6.01. The average Bonchev–Trinajstić information content (AvgIpc) is 4.01. The van der Waals surface area contributed by atoms with Gasteiger partial charge in [0.25, 0.3) is 0 Å². The van der Waals surface area contributed by atoms with Crippen LogP contribution in [0.25, 0.3) is 22.2 Å². The third kappa shape index (κ3) is 9.39. The Kier molecular flexibility index (Phi) is 12.6. The van der Waals surface area contributed by atoms with Crippen molar-refractivity contribution in [2.75, 3.05) is 37.8 Å². The molecule has 4 N–H and O–H groups in total. The number of amides is 5. The number of rotatable bonds is 13. The van der Waals surface area contributed by atoms with Crippen LogP contribution in [-0.2, 0) is 24.0 Å². The first-order valence-electron chi connectivity index (χ1n) is 20.5. The van der Waals surface area contributed by atoms with Gasteiger partial charge in [-0.05, 0) is 98.8 Å². The predicted octanol–water partition coefficient (Wildman–Crippen LogP) is 6.90. The maximum Gasteiger partial charge on any atom is 0.250 e. The molecular formula is C47H53N7O5. The number of benzene rings is 4. The fraction of sp³-hybridized carbons (Fsp3) is 0.340. The van der Waals surface area contributed by atoms with E-state index in [2.05, 4.69) is 20.9 Å². The molecule has 5 amide bonds. The van der Waals surface area contributed by atoms with Crippen molar-refractivity contribution in [2.24, 2.45) is 5.92 Å². The van der Waals surface area contributed by atoms with E-state index < -0.39 is 24.2 Å². The first kappa shape index (κ1) is 40.9. The summed E-state index contributed by atoms with van der Waals surface area (Å²) in [6.45, 7) is 4.87. The molecule has 0 bridgehead atoms. The molecule has 2 aliphatic rings. The maximum absolute atomic E-state index is 14.0. The van der Waals surface area contributed by atoms with E-state index in [1.54, 1.807) is 9.80 Å². The van der Waals surface area contributed by atoms with Crippen LogP contribution in [0.15, 0.2) is 109 Å². The summed E-state index contributed by atoms with van der Waals surface area (Å²) in [5.41, 5.74) is 5.47. The molecule has 5 aromatic rings. The molecule has 2 fully saturated rings. The van der Waals surface area contributed by atoms with Crippen molar-refractivity contribution in [1.29, 1.82) is 0 Å². The Morgan fingerprint density at radius 2 is 1.25 bits per heavy atom.